The van der Waals surface area contributed by atoms with Crippen LogP contribution in [0, 0.1) is 0 Å². The van der Waals surface area contributed by atoms with Crippen molar-refractivity contribution in [3.8, 4) is 0 Å². The van der Waals surface area contributed by atoms with Crippen LogP contribution >= 0.6 is 11.8 Å². The van der Waals surface area contributed by atoms with Crippen LogP contribution < -0.4 is 0 Å². The summed E-state index contributed by atoms with van der Waals surface area (Å²) >= 11 is 1.57. The fourth-order valence-electron chi connectivity index (χ4n) is 1.52. The van der Waals surface area contributed by atoms with Crippen LogP contribution in [-0.2, 0) is 5.54 Å². The van der Waals surface area contributed by atoms with Crippen LogP contribution in [0.4, 0.5) is 0 Å². The first-order valence-corrected chi connectivity index (χ1v) is 4.81. The van der Waals surface area contributed by atoms with Gasteiger partial charge in [-0.1, -0.05) is 11.8 Å². The second-order valence-corrected chi connectivity index (χ2v) is 3.97. The number of rotatable bonds is 0. The van der Waals surface area contributed by atoms with Crippen molar-refractivity contribution in [3.05, 3.63) is 17.8 Å². The largest absolute Gasteiger partial charge is 0.274 e. The predicted octanol–water partition coefficient (Wildman–Crippen LogP) is 1.60. The zero-order valence-electron chi connectivity index (χ0n) is 6.40. The SMILES string of the molecule is C1=NC2(CC2)c2ccnnc2S1. The number of aliphatic imine (C=N–C) groups is 1. The Labute approximate surface area is 74.3 Å². The number of aromatic nitrogens is 2. The molecule has 12 heavy (non-hydrogen) atoms. The first-order valence-electron chi connectivity index (χ1n) is 3.93. The molecule has 0 N–H and O–H groups in total. The number of thioether (sulfide) groups is 1. The Morgan fingerprint density at radius 3 is 3.17 bits per heavy atom. The molecule has 1 aliphatic carbocycles. The van der Waals surface area contributed by atoms with Crippen LogP contribution in [-0.4, -0.2) is 15.7 Å². The third kappa shape index (κ3) is 0.756. The number of hydrogen-bond acceptors (Lipinski definition) is 4. The Morgan fingerprint density at radius 2 is 2.33 bits per heavy atom. The van der Waals surface area contributed by atoms with E-state index in [0.717, 1.165) is 5.03 Å². The van der Waals surface area contributed by atoms with E-state index in [2.05, 4.69) is 15.2 Å². The van der Waals surface area contributed by atoms with Gasteiger partial charge in [0.1, 0.15) is 5.03 Å². The summed E-state index contributed by atoms with van der Waals surface area (Å²) in [6.45, 7) is 0. The molecule has 0 aromatic carbocycles. The van der Waals surface area contributed by atoms with E-state index >= 15 is 0 Å². The van der Waals surface area contributed by atoms with Crippen LogP contribution in [0.1, 0.15) is 18.4 Å². The van der Waals surface area contributed by atoms with Gasteiger partial charge in [0.25, 0.3) is 0 Å². The van der Waals surface area contributed by atoms with Gasteiger partial charge in [-0.15, -0.1) is 5.10 Å². The zero-order chi connectivity index (χ0) is 8.02. The third-order valence-corrected chi connectivity index (χ3v) is 3.11. The molecule has 1 aliphatic heterocycles. The van der Waals surface area contributed by atoms with E-state index < -0.39 is 0 Å². The van der Waals surface area contributed by atoms with Gasteiger partial charge in [-0.2, -0.15) is 5.10 Å². The molecule has 1 spiro atoms. The van der Waals surface area contributed by atoms with Crippen molar-refractivity contribution in [2.75, 3.05) is 0 Å². The normalized spacial score (nSPS) is 22.3. The van der Waals surface area contributed by atoms with E-state index in [0.29, 0.717) is 0 Å². The fraction of sp³-hybridized carbons (Fsp3) is 0.375. The summed E-state index contributed by atoms with van der Waals surface area (Å²) in [5.74, 6) is 0. The standard InChI is InChI=1S/C8H7N3S/c1-4-10-11-7-6(1)8(2-3-8)9-5-12-7/h1,4-5H,2-3H2. The highest BCUT2D eigenvalue weighted by molar-refractivity contribution is 8.12. The summed E-state index contributed by atoms with van der Waals surface area (Å²) in [6.07, 6.45) is 4.09. The van der Waals surface area contributed by atoms with E-state index in [1.54, 1.807) is 18.0 Å². The maximum Gasteiger partial charge on any atom is 0.130 e. The average molecular weight is 177 g/mol. The Bertz CT molecular complexity index is 357. The lowest BCUT2D eigenvalue weighted by Crippen LogP contribution is -2.09. The highest BCUT2D eigenvalue weighted by atomic mass is 32.2. The van der Waals surface area contributed by atoms with Crippen LogP contribution in [0.2, 0.25) is 0 Å². The number of fused-ring (bicyclic) bond motifs is 2. The molecule has 2 aliphatic rings. The van der Waals surface area contributed by atoms with Crippen molar-refractivity contribution >= 4 is 17.3 Å². The molecule has 1 aromatic rings. The summed E-state index contributed by atoms with van der Waals surface area (Å²) in [6, 6.07) is 2.04. The van der Waals surface area contributed by atoms with Crippen molar-refractivity contribution in [3.63, 3.8) is 0 Å². The average Bonchev–Trinajstić information content (AvgIpc) is 2.87. The predicted molar refractivity (Wildman–Crippen MR) is 47.3 cm³/mol. The van der Waals surface area contributed by atoms with Gasteiger partial charge in [-0.3, -0.25) is 4.99 Å². The summed E-state index contributed by atoms with van der Waals surface area (Å²) in [5.41, 5.74) is 3.27. The minimum absolute atomic E-state index is 0.108. The molecule has 3 rings (SSSR count). The molecule has 1 aromatic heterocycles. The van der Waals surface area contributed by atoms with Crippen molar-refractivity contribution in [1.82, 2.24) is 10.2 Å². The molecule has 60 valence electrons. The monoisotopic (exact) mass is 177 g/mol. The van der Waals surface area contributed by atoms with E-state index in [1.807, 2.05) is 11.6 Å². The topological polar surface area (TPSA) is 38.1 Å². The van der Waals surface area contributed by atoms with Crippen molar-refractivity contribution in [2.24, 2.45) is 4.99 Å². The Morgan fingerprint density at radius 1 is 1.42 bits per heavy atom. The van der Waals surface area contributed by atoms with Gasteiger partial charge in [0, 0.05) is 5.56 Å². The maximum absolute atomic E-state index is 4.48. The number of nitrogens with zero attached hydrogens (tertiary/aromatic N) is 3. The summed E-state index contributed by atoms with van der Waals surface area (Å²) in [5, 5.41) is 8.97. The molecule has 0 atom stereocenters. The molecule has 3 nitrogen and oxygen atoms in total. The van der Waals surface area contributed by atoms with E-state index in [4.69, 9.17) is 0 Å². The second-order valence-electron chi connectivity index (χ2n) is 3.13. The van der Waals surface area contributed by atoms with E-state index in [-0.39, 0.29) is 5.54 Å². The van der Waals surface area contributed by atoms with Gasteiger partial charge >= 0.3 is 0 Å². The molecular weight excluding hydrogens is 170 g/mol. The van der Waals surface area contributed by atoms with Gasteiger partial charge in [0.15, 0.2) is 0 Å². The summed E-state index contributed by atoms with van der Waals surface area (Å²) in [4.78, 5) is 4.48. The molecule has 0 radical (unpaired) electrons. The summed E-state index contributed by atoms with van der Waals surface area (Å²) < 4.78 is 0. The molecule has 2 heterocycles. The highest BCUT2D eigenvalue weighted by Crippen LogP contribution is 2.53. The lowest BCUT2D eigenvalue weighted by atomic mass is 10.1. The Kier molecular flexibility index (Phi) is 1.14. The Hall–Kier alpha value is -0.900. The van der Waals surface area contributed by atoms with Crippen molar-refractivity contribution in [1.29, 1.82) is 0 Å². The van der Waals surface area contributed by atoms with Crippen molar-refractivity contribution in [2.45, 2.75) is 23.4 Å². The molecule has 4 heteroatoms. The van der Waals surface area contributed by atoms with Crippen LogP contribution in [0.15, 0.2) is 22.3 Å². The van der Waals surface area contributed by atoms with Crippen molar-refractivity contribution < 1.29 is 0 Å². The lowest BCUT2D eigenvalue weighted by molar-refractivity contribution is 0.697. The highest BCUT2D eigenvalue weighted by Gasteiger charge is 2.47. The molecule has 0 amide bonds. The molecule has 1 fully saturated rings. The number of hydrogen-bond donors (Lipinski definition) is 0. The van der Waals surface area contributed by atoms with Crippen LogP contribution in [0.3, 0.4) is 0 Å². The molecule has 1 saturated carbocycles. The van der Waals surface area contributed by atoms with Crippen LogP contribution in [0.5, 0.6) is 0 Å². The lowest BCUT2D eigenvalue weighted by Gasteiger charge is -2.16. The van der Waals surface area contributed by atoms with Gasteiger partial charge < -0.3 is 0 Å². The van der Waals surface area contributed by atoms with Gasteiger partial charge in [0.05, 0.1) is 17.3 Å². The van der Waals surface area contributed by atoms with Gasteiger partial charge in [0.2, 0.25) is 0 Å². The zero-order valence-corrected chi connectivity index (χ0v) is 7.21. The minimum atomic E-state index is 0.108. The summed E-state index contributed by atoms with van der Waals surface area (Å²) in [7, 11) is 0. The fourth-order valence-corrected chi connectivity index (χ4v) is 2.36. The molecule has 0 saturated heterocycles. The third-order valence-electron chi connectivity index (χ3n) is 2.38. The molecule has 0 bridgehead atoms. The van der Waals surface area contributed by atoms with Gasteiger partial charge in [-0.25, -0.2) is 0 Å². The van der Waals surface area contributed by atoms with E-state index in [1.165, 1.54) is 18.4 Å². The first kappa shape index (κ1) is 6.60. The molecular formula is C8H7N3S. The molecule has 0 unspecified atom stereocenters. The Balaban J connectivity index is 2.21. The quantitative estimate of drug-likeness (QED) is 0.604. The second kappa shape index (κ2) is 2.07. The minimum Gasteiger partial charge on any atom is -0.274 e. The van der Waals surface area contributed by atoms with Crippen LogP contribution in [0.25, 0.3) is 0 Å². The maximum atomic E-state index is 4.48. The van der Waals surface area contributed by atoms with E-state index in [9.17, 15) is 0 Å². The van der Waals surface area contributed by atoms with Gasteiger partial charge in [-0.05, 0) is 18.9 Å². The smallest absolute Gasteiger partial charge is 0.130 e. The first-order chi connectivity index (χ1) is 5.91.